The Morgan fingerprint density at radius 1 is 1.18 bits per heavy atom. The van der Waals surface area contributed by atoms with Crippen LogP contribution < -0.4 is 5.32 Å². The summed E-state index contributed by atoms with van der Waals surface area (Å²) in [7, 11) is 0. The topological polar surface area (TPSA) is 52.9 Å². The van der Waals surface area contributed by atoms with Gasteiger partial charge in [0, 0.05) is 5.69 Å². The predicted octanol–water partition coefficient (Wildman–Crippen LogP) is 4.10. The Balaban J connectivity index is 2.28. The number of nitrogens with zero attached hydrogens (tertiary/aromatic N) is 1. The van der Waals surface area contributed by atoms with Crippen LogP contribution in [-0.2, 0) is 11.2 Å². The van der Waals surface area contributed by atoms with Crippen molar-refractivity contribution in [3.05, 3.63) is 70.8 Å². The van der Waals surface area contributed by atoms with Crippen LogP contribution in [0.25, 0.3) is 6.08 Å². The lowest BCUT2D eigenvalue weighted by Gasteiger charge is -2.12. The maximum atomic E-state index is 12.4. The zero-order valence-corrected chi connectivity index (χ0v) is 12.8. The van der Waals surface area contributed by atoms with Crippen molar-refractivity contribution in [1.82, 2.24) is 0 Å². The van der Waals surface area contributed by atoms with Crippen LogP contribution in [-0.4, -0.2) is 5.91 Å². The van der Waals surface area contributed by atoms with E-state index in [4.69, 9.17) is 0 Å². The Kier molecular flexibility index (Phi) is 5.11. The molecule has 0 fully saturated rings. The van der Waals surface area contributed by atoms with E-state index in [-0.39, 0.29) is 11.5 Å². The van der Waals surface area contributed by atoms with Gasteiger partial charge in [-0.25, -0.2) is 0 Å². The highest BCUT2D eigenvalue weighted by Gasteiger charge is 2.12. The molecule has 0 saturated carbocycles. The quantitative estimate of drug-likeness (QED) is 0.680. The highest BCUT2D eigenvalue weighted by molar-refractivity contribution is 6.10. The van der Waals surface area contributed by atoms with Crippen molar-refractivity contribution in [3.8, 4) is 6.07 Å². The summed E-state index contributed by atoms with van der Waals surface area (Å²) < 4.78 is 0. The van der Waals surface area contributed by atoms with Crippen molar-refractivity contribution in [2.45, 2.75) is 20.3 Å². The van der Waals surface area contributed by atoms with E-state index < -0.39 is 0 Å². The van der Waals surface area contributed by atoms with Crippen LogP contribution in [0, 0.1) is 18.3 Å². The number of hydrogen-bond acceptors (Lipinski definition) is 2. The summed E-state index contributed by atoms with van der Waals surface area (Å²) in [6, 6.07) is 17.2. The van der Waals surface area contributed by atoms with Crippen molar-refractivity contribution in [2.24, 2.45) is 0 Å². The van der Waals surface area contributed by atoms with Gasteiger partial charge in [0.05, 0.1) is 0 Å². The SMILES string of the molecule is CCc1cccc(C)c1NC(=O)/C(C#N)=C\c1ccccc1. The normalized spacial score (nSPS) is 10.9. The number of hydrogen-bond donors (Lipinski definition) is 1. The largest absolute Gasteiger partial charge is 0.321 e. The van der Waals surface area contributed by atoms with Crippen LogP contribution >= 0.6 is 0 Å². The summed E-state index contributed by atoms with van der Waals surface area (Å²) in [5.41, 5.74) is 3.77. The van der Waals surface area contributed by atoms with E-state index >= 15 is 0 Å². The molecule has 22 heavy (non-hydrogen) atoms. The number of nitriles is 1. The molecule has 0 aliphatic heterocycles. The van der Waals surface area contributed by atoms with Gasteiger partial charge in [-0.2, -0.15) is 5.26 Å². The first kappa shape index (κ1) is 15.5. The first-order valence-corrected chi connectivity index (χ1v) is 7.22. The molecule has 3 heteroatoms. The van der Waals surface area contributed by atoms with Gasteiger partial charge in [0.2, 0.25) is 0 Å². The molecule has 110 valence electrons. The van der Waals surface area contributed by atoms with Crippen LogP contribution in [0.5, 0.6) is 0 Å². The monoisotopic (exact) mass is 290 g/mol. The first-order chi connectivity index (χ1) is 10.7. The average Bonchev–Trinajstić information content (AvgIpc) is 2.55. The molecular formula is C19H18N2O. The number of amides is 1. The van der Waals surface area contributed by atoms with E-state index in [0.29, 0.717) is 0 Å². The summed E-state index contributed by atoms with van der Waals surface area (Å²) >= 11 is 0. The Hall–Kier alpha value is -2.86. The smallest absolute Gasteiger partial charge is 0.266 e. The van der Waals surface area contributed by atoms with Crippen LogP contribution in [0.15, 0.2) is 54.1 Å². The van der Waals surface area contributed by atoms with E-state index in [1.807, 2.05) is 68.4 Å². The summed E-state index contributed by atoms with van der Waals surface area (Å²) in [5, 5.41) is 12.1. The Morgan fingerprint density at radius 2 is 1.91 bits per heavy atom. The van der Waals surface area contributed by atoms with Gasteiger partial charge in [0.25, 0.3) is 5.91 Å². The number of para-hydroxylation sites is 1. The highest BCUT2D eigenvalue weighted by Crippen LogP contribution is 2.22. The van der Waals surface area contributed by atoms with Gasteiger partial charge in [-0.3, -0.25) is 4.79 Å². The van der Waals surface area contributed by atoms with E-state index in [9.17, 15) is 10.1 Å². The molecule has 0 bridgehead atoms. The first-order valence-electron chi connectivity index (χ1n) is 7.22. The number of carbonyl (C=O) groups is 1. The van der Waals surface area contributed by atoms with E-state index in [1.165, 1.54) is 0 Å². The third-order valence-corrected chi connectivity index (χ3v) is 3.45. The molecule has 0 unspecified atom stereocenters. The van der Waals surface area contributed by atoms with E-state index in [1.54, 1.807) is 6.08 Å². The van der Waals surface area contributed by atoms with Crippen molar-refractivity contribution in [3.63, 3.8) is 0 Å². The van der Waals surface area contributed by atoms with Gasteiger partial charge in [0.15, 0.2) is 0 Å². The van der Waals surface area contributed by atoms with Crippen molar-refractivity contribution in [2.75, 3.05) is 5.32 Å². The molecule has 2 aromatic rings. The van der Waals surface area contributed by atoms with Gasteiger partial charge in [-0.1, -0.05) is 55.5 Å². The molecule has 0 heterocycles. The third kappa shape index (κ3) is 3.62. The van der Waals surface area contributed by atoms with Crippen LogP contribution in [0.1, 0.15) is 23.6 Å². The number of anilines is 1. The van der Waals surface area contributed by atoms with Gasteiger partial charge in [-0.15, -0.1) is 0 Å². The van der Waals surface area contributed by atoms with Crippen molar-refractivity contribution >= 4 is 17.7 Å². The zero-order valence-electron chi connectivity index (χ0n) is 12.8. The molecule has 1 amide bonds. The van der Waals surface area contributed by atoms with Gasteiger partial charge >= 0.3 is 0 Å². The minimum atomic E-state index is -0.379. The maximum Gasteiger partial charge on any atom is 0.266 e. The highest BCUT2D eigenvalue weighted by atomic mass is 16.1. The predicted molar refractivity (Wildman–Crippen MR) is 89.2 cm³/mol. The van der Waals surface area contributed by atoms with E-state index in [2.05, 4.69) is 5.32 Å². The second-order valence-electron chi connectivity index (χ2n) is 5.00. The molecule has 0 aliphatic rings. The zero-order chi connectivity index (χ0) is 15.9. The lowest BCUT2D eigenvalue weighted by molar-refractivity contribution is -0.112. The van der Waals surface area contributed by atoms with Crippen LogP contribution in [0.3, 0.4) is 0 Å². The minimum absolute atomic E-state index is 0.0940. The minimum Gasteiger partial charge on any atom is -0.321 e. The van der Waals surface area contributed by atoms with Gasteiger partial charge in [0.1, 0.15) is 11.6 Å². The number of benzene rings is 2. The number of carbonyl (C=O) groups excluding carboxylic acids is 1. The number of aryl methyl sites for hydroxylation is 2. The summed E-state index contributed by atoms with van der Waals surface area (Å²) in [5.74, 6) is -0.379. The molecule has 0 aliphatic carbocycles. The molecule has 0 radical (unpaired) electrons. The third-order valence-electron chi connectivity index (χ3n) is 3.45. The van der Waals surface area contributed by atoms with Crippen LogP contribution in [0.2, 0.25) is 0 Å². The van der Waals surface area contributed by atoms with Crippen molar-refractivity contribution < 1.29 is 4.79 Å². The molecule has 0 spiro atoms. The number of rotatable bonds is 4. The Morgan fingerprint density at radius 3 is 2.55 bits per heavy atom. The molecule has 0 atom stereocenters. The fourth-order valence-electron chi connectivity index (χ4n) is 2.25. The second kappa shape index (κ2) is 7.24. The molecule has 1 N–H and O–H groups in total. The molecule has 0 saturated heterocycles. The van der Waals surface area contributed by atoms with Crippen molar-refractivity contribution in [1.29, 1.82) is 5.26 Å². The molecule has 2 rings (SSSR count). The lowest BCUT2D eigenvalue weighted by Crippen LogP contribution is -2.15. The summed E-state index contributed by atoms with van der Waals surface area (Å²) in [6.07, 6.45) is 2.42. The van der Waals surface area contributed by atoms with Gasteiger partial charge < -0.3 is 5.32 Å². The standard InChI is InChI=1S/C19H18N2O/c1-3-16-11-7-8-14(2)18(16)21-19(22)17(13-20)12-15-9-5-4-6-10-15/h4-12H,3H2,1-2H3,(H,21,22)/b17-12-. The fraction of sp³-hybridized carbons (Fsp3) is 0.158. The summed E-state index contributed by atoms with van der Waals surface area (Å²) in [6.45, 7) is 3.98. The fourth-order valence-corrected chi connectivity index (χ4v) is 2.25. The second-order valence-corrected chi connectivity index (χ2v) is 5.00. The van der Waals surface area contributed by atoms with E-state index in [0.717, 1.165) is 28.8 Å². The average molecular weight is 290 g/mol. The molecule has 0 aromatic heterocycles. The lowest BCUT2D eigenvalue weighted by atomic mass is 10.0. The van der Waals surface area contributed by atoms with Crippen LogP contribution in [0.4, 0.5) is 5.69 Å². The Bertz CT molecular complexity index is 740. The summed E-state index contributed by atoms with van der Waals surface area (Å²) in [4.78, 5) is 12.4. The number of nitrogens with one attached hydrogen (secondary N) is 1. The molecule has 2 aromatic carbocycles. The molecular weight excluding hydrogens is 272 g/mol. The Labute approximate surface area is 130 Å². The maximum absolute atomic E-state index is 12.4. The molecule has 3 nitrogen and oxygen atoms in total. The van der Waals surface area contributed by atoms with Gasteiger partial charge in [-0.05, 0) is 36.1 Å².